The Morgan fingerprint density at radius 3 is 2.62 bits per heavy atom. The summed E-state index contributed by atoms with van der Waals surface area (Å²) in [7, 11) is 0. The van der Waals surface area contributed by atoms with Crippen molar-refractivity contribution < 1.29 is 13.6 Å². The van der Waals surface area contributed by atoms with Gasteiger partial charge in [-0.2, -0.15) is 0 Å². The quantitative estimate of drug-likeness (QED) is 0.660. The largest absolute Gasteiger partial charge is 0.294 e. The predicted octanol–water partition coefficient (Wildman–Crippen LogP) is 2.95. The van der Waals surface area contributed by atoms with E-state index < -0.39 is 11.6 Å². The van der Waals surface area contributed by atoms with Crippen molar-refractivity contribution in [1.82, 2.24) is 0 Å². The van der Waals surface area contributed by atoms with Crippen LogP contribution in [0.5, 0.6) is 0 Å². The van der Waals surface area contributed by atoms with E-state index in [1.807, 2.05) is 6.92 Å². The zero-order valence-electron chi connectivity index (χ0n) is 7.31. The first kappa shape index (κ1) is 9.84. The fraction of sp³-hybridized carbons (Fsp3) is 0.300. The lowest BCUT2D eigenvalue weighted by molar-refractivity contribution is 0.0978. The van der Waals surface area contributed by atoms with Crippen molar-refractivity contribution in [3.05, 3.63) is 35.4 Å². The first-order chi connectivity index (χ1) is 6.15. The third-order valence-electron chi connectivity index (χ3n) is 1.71. The van der Waals surface area contributed by atoms with Crippen molar-refractivity contribution in [3.8, 4) is 0 Å². The molecule has 0 radical (unpaired) electrons. The van der Waals surface area contributed by atoms with Crippen LogP contribution in [-0.2, 0) is 0 Å². The van der Waals surface area contributed by atoms with E-state index in [0.717, 1.165) is 12.1 Å². The number of carbonyl (C=O) groups excluding carboxylic acids is 1. The SMILES string of the molecule is CCCC(=O)c1ccc(F)cc1F. The number of rotatable bonds is 3. The molecule has 0 atom stereocenters. The lowest BCUT2D eigenvalue weighted by Crippen LogP contribution is -2.01. The van der Waals surface area contributed by atoms with E-state index in [-0.39, 0.29) is 11.3 Å². The van der Waals surface area contributed by atoms with Crippen LogP contribution in [0.4, 0.5) is 8.78 Å². The molecule has 1 aromatic rings. The van der Waals surface area contributed by atoms with Crippen LogP contribution in [0, 0.1) is 11.6 Å². The maximum Gasteiger partial charge on any atom is 0.165 e. The Hall–Kier alpha value is -1.25. The van der Waals surface area contributed by atoms with Gasteiger partial charge in [0, 0.05) is 12.5 Å². The summed E-state index contributed by atoms with van der Waals surface area (Å²) in [6.45, 7) is 1.83. The van der Waals surface area contributed by atoms with Gasteiger partial charge in [0.05, 0.1) is 5.56 Å². The Bertz CT molecular complexity index is 321. The van der Waals surface area contributed by atoms with Crippen LogP contribution in [0.25, 0.3) is 0 Å². The van der Waals surface area contributed by atoms with Crippen LogP contribution >= 0.6 is 0 Å². The number of Topliss-reactive ketones (excluding diaryl/α,β-unsaturated/α-hetero) is 1. The number of carbonyl (C=O) groups is 1. The van der Waals surface area contributed by atoms with E-state index in [9.17, 15) is 13.6 Å². The molecular weight excluding hydrogens is 174 g/mol. The highest BCUT2D eigenvalue weighted by Gasteiger charge is 2.10. The minimum atomic E-state index is -0.779. The molecule has 13 heavy (non-hydrogen) atoms. The van der Waals surface area contributed by atoms with Crippen molar-refractivity contribution >= 4 is 5.78 Å². The Balaban J connectivity index is 2.95. The van der Waals surface area contributed by atoms with Gasteiger partial charge in [-0.3, -0.25) is 4.79 Å². The minimum absolute atomic E-state index is 0.0248. The van der Waals surface area contributed by atoms with Crippen LogP contribution < -0.4 is 0 Å². The molecule has 0 aromatic heterocycles. The van der Waals surface area contributed by atoms with E-state index in [2.05, 4.69) is 0 Å². The summed E-state index contributed by atoms with van der Waals surface area (Å²) in [5.41, 5.74) is -0.0248. The molecule has 0 spiro atoms. The molecule has 0 amide bonds. The Kier molecular flexibility index (Phi) is 3.12. The molecule has 0 aliphatic carbocycles. The fourth-order valence-corrected chi connectivity index (χ4v) is 1.08. The van der Waals surface area contributed by atoms with E-state index >= 15 is 0 Å². The summed E-state index contributed by atoms with van der Waals surface area (Å²) < 4.78 is 25.4. The number of hydrogen-bond donors (Lipinski definition) is 0. The summed E-state index contributed by atoms with van der Waals surface area (Å²) in [6, 6.07) is 3.00. The summed E-state index contributed by atoms with van der Waals surface area (Å²) in [5, 5.41) is 0. The molecule has 0 fully saturated rings. The van der Waals surface area contributed by atoms with Crippen LogP contribution in [-0.4, -0.2) is 5.78 Å². The molecule has 0 heterocycles. The molecule has 1 rings (SSSR count). The van der Waals surface area contributed by atoms with Gasteiger partial charge in [-0.15, -0.1) is 0 Å². The van der Waals surface area contributed by atoms with Crippen molar-refractivity contribution in [1.29, 1.82) is 0 Å². The van der Waals surface area contributed by atoms with E-state index in [1.54, 1.807) is 0 Å². The average Bonchev–Trinajstić information content (AvgIpc) is 2.04. The standard InChI is InChI=1S/C10H10F2O/c1-2-3-10(13)8-5-4-7(11)6-9(8)12/h4-6H,2-3H2,1H3. The van der Waals surface area contributed by atoms with Gasteiger partial charge in [-0.05, 0) is 18.6 Å². The summed E-state index contributed by atoms with van der Waals surface area (Å²) in [6.07, 6.45) is 0.957. The van der Waals surface area contributed by atoms with E-state index in [0.29, 0.717) is 12.8 Å². The first-order valence-corrected chi connectivity index (χ1v) is 4.13. The molecule has 1 nitrogen and oxygen atoms in total. The summed E-state index contributed by atoms with van der Waals surface area (Å²) >= 11 is 0. The van der Waals surface area contributed by atoms with Gasteiger partial charge in [0.25, 0.3) is 0 Å². The number of ketones is 1. The van der Waals surface area contributed by atoms with Crippen molar-refractivity contribution in [2.45, 2.75) is 19.8 Å². The third-order valence-corrected chi connectivity index (χ3v) is 1.71. The van der Waals surface area contributed by atoms with Crippen molar-refractivity contribution in [2.24, 2.45) is 0 Å². The number of halogens is 2. The van der Waals surface area contributed by atoms with Gasteiger partial charge >= 0.3 is 0 Å². The lowest BCUT2D eigenvalue weighted by Gasteiger charge is -2.00. The molecule has 0 saturated carbocycles. The third kappa shape index (κ3) is 2.34. The van der Waals surface area contributed by atoms with Crippen LogP contribution in [0.15, 0.2) is 18.2 Å². The molecule has 1 aromatic carbocycles. The Morgan fingerprint density at radius 2 is 2.08 bits per heavy atom. The second kappa shape index (κ2) is 4.12. The fourth-order valence-electron chi connectivity index (χ4n) is 1.08. The minimum Gasteiger partial charge on any atom is -0.294 e. The monoisotopic (exact) mass is 184 g/mol. The predicted molar refractivity (Wildman–Crippen MR) is 45.6 cm³/mol. The van der Waals surface area contributed by atoms with Crippen molar-refractivity contribution in [3.63, 3.8) is 0 Å². The molecule has 0 bridgehead atoms. The van der Waals surface area contributed by atoms with Gasteiger partial charge < -0.3 is 0 Å². The van der Waals surface area contributed by atoms with Gasteiger partial charge in [0.15, 0.2) is 5.78 Å². The van der Waals surface area contributed by atoms with Crippen LogP contribution in [0.3, 0.4) is 0 Å². The Labute approximate surface area is 75.4 Å². The first-order valence-electron chi connectivity index (χ1n) is 4.13. The molecule has 0 aliphatic heterocycles. The van der Waals surface area contributed by atoms with Crippen LogP contribution in [0.1, 0.15) is 30.1 Å². The number of hydrogen-bond acceptors (Lipinski definition) is 1. The second-order valence-corrected chi connectivity index (χ2v) is 2.80. The molecule has 0 aliphatic rings. The molecule has 0 N–H and O–H groups in total. The van der Waals surface area contributed by atoms with Gasteiger partial charge in [0.1, 0.15) is 11.6 Å². The highest BCUT2D eigenvalue weighted by molar-refractivity contribution is 5.96. The topological polar surface area (TPSA) is 17.1 Å². The summed E-state index contributed by atoms with van der Waals surface area (Å²) in [5.74, 6) is -1.72. The summed E-state index contributed by atoms with van der Waals surface area (Å²) in [4.78, 5) is 11.2. The second-order valence-electron chi connectivity index (χ2n) is 2.80. The Morgan fingerprint density at radius 1 is 1.38 bits per heavy atom. The van der Waals surface area contributed by atoms with Gasteiger partial charge in [-0.1, -0.05) is 6.92 Å². The van der Waals surface area contributed by atoms with Gasteiger partial charge in [-0.25, -0.2) is 8.78 Å². The van der Waals surface area contributed by atoms with E-state index in [1.165, 1.54) is 6.07 Å². The molecular formula is C10H10F2O. The zero-order valence-corrected chi connectivity index (χ0v) is 7.31. The molecule has 0 unspecified atom stereocenters. The lowest BCUT2D eigenvalue weighted by atomic mass is 10.1. The maximum atomic E-state index is 13.0. The van der Waals surface area contributed by atoms with Crippen molar-refractivity contribution in [2.75, 3.05) is 0 Å². The average molecular weight is 184 g/mol. The number of benzene rings is 1. The molecule has 0 saturated heterocycles. The molecule has 3 heteroatoms. The van der Waals surface area contributed by atoms with Gasteiger partial charge in [0.2, 0.25) is 0 Å². The van der Waals surface area contributed by atoms with Crippen LogP contribution in [0.2, 0.25) is 0 Å². The zero-order chi connectivity index (χ0) is 9.84. The maximum absolute atomic E-state index is 13.0. The normalized spacial score (nSPS) is 10.1. The smallest absolute Gasteiger partial charge is 0.165 e. The molecule has 70 valence electrons. The highest BCUT2D eigenvalue weighted by Crippen LogP contribution is 2.12. The van der Waals surface area contributed by atoms with E-state index in [4.69, 9.17) is 0 Å². The highest BCUT2D eigenvalue weighted by atomic mass is 19.1.